The number of rotatable bonds is 9. The highest BCUT2D eigenvalue weighted by molar-refractivity contribution is 14.0. The molecule has 3 rings (SSSR count). The molecule has 0 amide bonds. The van der Waals surface area contributed by atoms with Crippen LogP contribution in [0.2, 0.25) is 0 Å². The van der Waals surface area contributed by atoms with Crippen molar-refractivity contribution in [2.24, 2.45) is 10.4 Å². The van der Waals surface area contributed by atoms with Gasteiger partial charge >= 0.3 is 0 Å². The van der Waals surface area contributed by atoms with Crippen LogP contribution in [0, 0.1) is 5.41 Å². The fourth-order valence-corrected chi connectivity index (χ4v) is 4.76. The van der Waals surface area contributed by atoms with Gasteiger partial charge in [-0.2, -0.15) is 0 Å². The molecule has 2 aromatic rings. The van der Waals surface area contributed by atoms with Crippen LogP contribution in [0.4, 0.5) is 0 Å². The largest absolute Gasteiger partial charge is 0.385 e. The molecular weight excluding hydrogens is 495 g/mol. The topological polar surface area (TPSA) is 58.5 Å². The summed E-state index contributed by atoms with van der Waals surface area (Å²) in [6.45, 7) is 2.62. The second kappa shape index (κ2) is 12.5. The van der Waals surface area contributed by atoms with Crippen molar-refractivity contribution in [2.45, 2.75) is 38.5 Å². The summed E-state index contributed by atoms with van der Waals surface area (Å²) in [4.78, 5) is 9.15. The van der Waals surface area contributed by atoms with Crippen molar-refractivity contribution in [3.63, 3.8) is 0 Å². The van der Waals surface area contributed by atoms with E-state index in [0.717, 1.165) is 49.2 Å². The van der Waals surface area contributed by atoms with Gasteiger partial charge in [0.2, 0.25) is 0 Å². The number of hydrogen-bond donors (Lipinski definition) is 2. The molecule has 29 heavy (non-hydrogen) atoms. The van der Waals surface area contributed by atoms with Crippen LogP contribution in [0.15, 0.2) is 40.7 Å². The first kappa shape index (κ1) is 24.1. The van der Waals surface area contributed by atoms with E-state index in [1.807, 2.05) is 13.1 Å². The monoisotopic (exact) mass is 528 g/mol. The fraction of sp³-hybridized carbons (Fsp3) is 0.545. The van der Waals surface area contributed by atoms with Gasteiger partial charge in [0.15, 0.2) is 5.96 Å². The minimum Gasteiger partial charge on any atom is -0.385 e. The summed E-state index contributed by atoms with van der Waals surface area (Å²) in [5, 5.41) is 10.2. The average Bonchev–Trinajstić information content (AvgIpc) is 3.40. The molecule has 1 aromatic carbocycles. The lowest BCUT2D eigenvalue weighted by Crippen LogP contribution is -2.43. The molecule has 1 saturated carbocycles. The molecule has 1 aliphatic carbocycles. The highest BCUT2D eigenvalue weighted by Gasteiger charge is 2.33. The third-order valence-corrected chi connectivity index (χ3v) is 6.54. The van der Waals surface area contributed by atoms with E-state index >= 15 is 0 Å². The highest BCUT2D eigenvalue weighted by atomic mass is 127. The Balaban J connectivity index is 0.00000300. The zero-order valence-corrected chi connectivity index (χ0v) is 20.6. The molecule has 1 aliphatic rings. The van der Waals surface area contributed by atoms with Crippen molar-refractivity contribution in [3.05, 3.63) is 41.4 Å². The number of ether oxygens (including phenoxy) is 1. The number of nitrogens with one attached hydrogen (secondary N) is 2. The third-order valence-electron chi connectivity index (χ3n) is 5.60. The summed E-state index contributed by atoms with van der Waals surface area (Å²) in [5.41, 5.74) is 2.66. The molecule has 160 valence electrons. The maximum absolute atomic E-state index is 5.33. The molecular formula is C22H33IN4OS. The van der Waals surface area contributed by atoms with Crippen molar-refractivity contribution in [1.82, 2.24) is 15.6 Å². The predicted molar refractivity (Wildman–Crippen MR) is 133 cm³/mol. The second-order valence-corrected chi connectivity index (χ2v) is 8.42. The molecule has 1 heterocycles. The van der Waals surface area contributed by atoms with Crippen LogP contribution >= 0.6 is 35.3 Å². The van der Waals surface area contributed by atoms with Crippen molar-refractivity contribution < 1.29 is 4.74 Å². The zero-order chi connectivity index (χ0) is 19.7. The quantitative estimate of drug-likeness (QED) is 0.281. The minimum atomic E-state index is 0. The predicted octanol–water partition coefficient (Wildman–Crippen LogP) is 4.73. The van der Waals surface area contributed by atoms with E-state index in [9.17, 15) is 0 Å². The van der Waals surface area contributed by atoms with Crippen molar-refractivity contribution in [2.75, 3.05) is 33.9 Å². The summed E-state index contributed by atoms with van der Waals surface area (Å²) < 4.78 is 5.33. The van der Waals surface area contributed by atoms with E-state index in [1.165, 1.54) is 31.2 Å². The Labute approximate surface area is 195 Å². The second-order valence-electron chi connectivity index (χ2n) is 7.56. The lowest BCUT2D eigenvalue weighted by atomic mass is 9.83. The molecule has 5 nitrogen and oxygen atoms in total. The Hall–Kier alpha value is -1.19. The Morgan fingerprint density at radius 1 is 1.21 bits per heavy atom. The van der Waals surface area contributed by atoms with E-state index < -0.39 is 0 Å². The van der Waals surface area contributed by atoms with Gasteiger partial charge in [-0.05, 0) is 24.7 Å². The Bertz CT molecular complexity index is 744. The average molecular weight is 529 g/mol. The van der Waals surface area contributed by atoms with E-state index in [4.69, 9.17) is 9.72 Å². The maximum atomic E-state index is 5.33. The van der Waals surface area contributed by atoms with Crippen LogP contribution < -0.4 is 10.6 Å². The number of nitrogens with zero attached hydrogens (tertiary/aromatic N) is 2. The molecule has 0 aliphatic heterocycles. The number of thiazole rings is 1. The number of halogens is 1. The van der Waals surface area contributed by atoms with Gasteiger partial charge in [0.25, 0.3) is 0 Å². The lowest BCUT2D eigenvalue weighted by Gasteiger charge is -2.29. The number of aliphatic imine (C=N–C) groups is 1. The van der Waals surface area contributed by atoms with Crippen LogP contribution in [-0.4, -0.2) is 44.8 Å². The first-order valence-electron chi connectivity index (χ1n) is 10.2. The first-order valence-corrected chi connectivity index (χ1v) is 11.1. The summed E-state index contributed by atoms with van der Waals surface area (Å²) in [7, 11) is 3.63. The minimum absolute atomic E-state index is 0. The molecule has 2 N–H and O–H groups in total. The summed E-state index contributed by atoms with van der Waals surface area (Å²) >= 11 is 1.70. The molecule has 1 fully saturated rings. The first-order chi connectivity index (χ1) is 13.7. The zero-order valence-electron chi connectivity index (χ0n) is 17.4. The van der Waals surface area contributed by atoms with Crippen LogP contribution in [0.3, 0.4) is 0 Å². The summed E-state index contributed by atoms with van der Waals surface area (Å²) in [6, 6.07) is 10.4. The van der Waals surface area contributed by atoms with Gasteiger partial charge < -0.3 is 15.4 Å². The number of aromatic nitrogens is 1. The van der Waals surface area contributed by atoms with Crippen LogP contribution in [0.5, 0.6) is 0 Å². The third kappa shape index (κ3) is 7.22. The number of benzene rings is 1. The van der Waals surface area contributed by atoms with Crippen molar-refractivity contribution in [1.29, 1.82) is 0 Å². The van der Waals surface area contributed by atoms with Crippen LogP contribution in [-0.2, 0) is 11.2 Å². The van der Waals surface area contributed by atoms with Gasteiger partial charge in [0.1, 0.15) is 5.01 Å². The normalized spacial score (nSPS) is 15.7. The smallest absolute Gasteiger partial charge is 0.191 e. The van der Waals surface area contributed by atoms with Gasteiger partial charge in [0.05, 0.1) is 5.69 Å². The van der Waals surface area contributed by atoms with E-state index in [1.54, 1.807) is 18.4 Å². The van der Waals surface area contributed by atoms with Gasteiger partial charge in [-0.15, -0.1) is 35.3 Å². The van der Waals surface area contributed by atoms with Crippen molar-refractivity contribution >= 4 is 41.3 Å². The van der Waals surface area contributed by atoms with Crippen molar-refractivity contribution in [3.8, 4) is 10.6 Å². The van der Waals surface area contributed by atoms with Gasteiger partial charge in [-0.3, -0.25) is 4.99 Å². The van der Waals surface area contributed by atoms with Crippen LogP contribution in [0.25, 0.3) is 10.6 Å². The molecule has 0 saturated heterocycles. The van der Waals surface area contributed by atoms with Gasteiger partial charge in [0, 0.05) is 51.2 Å². The van der Waals surface area contributed by atoms with Gasteiger partial charge in [-0.1, -0.05) is 43.2 Å². The number of methoxy groups -OCH3 is 1. The Morgan fingerprint density at radius 2 is 1.97 bits per heavy atom. The molecule has 0 radical (unpaired) electrons. The summed E-state index contributed by atoms with van der Waals surface area (Å²) in [6.07, 6.45) is 7.21. The van der Waals surface area contributed by atoms with Crippen LogP contribution in [0.1, 0.15) is 37.8 Å². The summed E-state index contributed by atoms with van der Waals surface area (Å²) in [5.74, 6) is 0.877. The lowest BCUT2D eigenvalue weighted by molar-refractivity contribution is 0.138. The van der Waals surface area contributed by atoms with E-state index in [2.05, 4.69) is 45.3 Å². The van der Waals surface area contributed by atoms with Gasteiger partial charge in [-0.25, -0.2) is 4.98 Å². The Kier molecular flexibility index (Phi) is 10.4. The molecule has 1 aromatic heterocycles. The number of hydrogen-bond acceptors (Lipinski definition) is 4. The SMILES string of the molecule is CN=C(NCCc1csc(-c2ccccc2)n1)NCC1(CCOC)CCCC1.I. The Morgan fingerprint density at radius 3 is 2.66 bits per heavy atom. The molecule has 0 bridgehead atoms. The number of guanidine groups is 1. The van der Waals surface area contributed by atoms with E-state index in [0.29, 0.717) is 5.41 Å². The fourth-order valence-electron chi connectivity index (χ4n) is 3.89. The highest BCUT2D eigenvalue weighted by Crippen LogP contribution is 2.40. The standard InChI is InChI=1S/C22H32N4OS.HI/c1-23-21(25-17-22(13-15-27-2)11-6-7-12-22)24-14-10-19-16-28-20(26-19)18-8-4-3-5-9-18;/h3-5,8-9,16H,6-7,10-15,17H2,1-2H3,(H2,23,24,25);1H. The molecule has 7 heteroatoms. The molecule has 0 unspecified atom stereocenters. The molecule has 0 atom stereocenters. The maximum Gasteiger partial charge on any atom is 0.191 e. The van der Waals surface area contributed by atoms with E-state index in [-0.39, 0.29) is 24.0 Å². The molecule has 0 spiro atoms.